The molecule has 1 atom stereocenters. The predicted octanol–water partition coefficient (Wildman–Crippen LogP) is 4.52. The normalized spacial score (nSPS) is 19.6. The third-order valence-electron chi connectivity index (χ3n) is 4.14. The van der Waals surface area contributed by atoms with Gasteiger partial charge in [-0.05, 0) is 63.8 Å². The van der Waals surface area contributed by atoms with Crippen LogP contribution in [0.15, 0.2) is 46.2 Å². The molecule has 0 radical (unpaired) electrons. The van der Waals surface area contributed by atoms with Crippen LogP contribution in [0.3, 0.4) is 0 Å². The number of nitrogens with zero attached hydrogens (tertiary/aromatic N) is 1. The Labute approximate surface area is 145 Å². The van der Waals surface area contributed by atoms with E-state index in [0.29, 0.717) is 11.4 Å². The van der Waals surface area contributed by atoms with Gasteiger partial charge in [-0.3, -0.25) is 0 Å². The van der Waals surface area contributed by atoms with Gasteiger partial charge in [0.2, 0.25) is 0 Å². The minimum absolute atomic E-state index is 0.288. The van der Waals surface area contributed by atoms with Crippen LogP contribution in [-0.4, -0.2) is 30.6 Å². The molecule has 0 amide bonds. The lowest BCUT2D eigenvalue weighted by molar-refractivity contribution is 0.0599. The van der Waals surface area contributed by atoms with E-state index in [0.717, 1.165) is 33.9 Å². The van der Waals surface area contributed by atoms with Crippen LogP contribution < -0.4 is 0 Å². The SMILES string of the molecule is CN(C)CCCC1(O)c2ccc(F)cc2Sc2ccc(Cl)cc21. The first kappa shape index (κ1) is 16.8. The third-order valence-corrected chi connectivity index (χ3v) is 5.51. The van der Waals surface area contributed by atoms with Crippen LogP contribution in [0.25, 0.3) is 0 Å². The maximum absolute atomic E-state index is 13.6. The van der Waals surface area contributed by atoms with E-state index in [4.69, 9.17) is 11.6 Å². The van der Waals surface area contributed by atoms with E-state index in [1.165, 1.54) is 23.9 Å². The lowest BCUT2D eigenvalue weighted by Gasteiger charge is -2.36. The van der Waals surface area contributed by atoms with Gasteiger partial charge in [0.05, 0.1) is 0 Å². The van der Waals surface area contributed by atoms with Gasteiger partial charge < -0.3 is 10.0 Å². The number of benzene rings is 2. The highest BCUT2D eigenvalue weighted by Crippen LogP contribution is 2.50. The third kappa shape index (κ3) is 3.26. The molecule has 0 spiro atoms. The quantitative estimate of drug-likeness (QED) is 0.876. The topological polar surface area (TPSA) is 23.5 Å². The zero-order valence-corrected chi connectivity index (χ0v) is 14.7. The summed E-state index contributed by atoms with van der Waals surface area (Å²) in [5.74, 6) is -0.288. The second-order valence-electron chi connectivity index (χ2n) is 6.15. The fourth-order valence-corrected chi connectivity index (χ4v) is 4.42. The maximum atomic E-state index is 13.6. The molecule has 1 aliphatic heterocycles. The predicted molar refractivity (Wildman–Crippen MR) is 92.8 cm³/mol. The molecule has 2 nitrogen and oxygen atoms in total. The number of hydrogen-bond acceptors (Lipinski definition) is 3. The van der Waals surface area contributed by atoms with Crippen LogP contribution in [0.5, 0.6) is 0 Å². The summed E-state index contributed by atoms with van der Waals surface area (Å²) in [6, 6.07) is 10.1. The largest absolute Gasteiger partial charge is 0.380 e. The van der Waals surface area contributed by atoms with Gasteiger partial charge in [0.1, 0.15) is 11.4 Å². The molecule has 5 heteroatoms. The van der Waals surface area contributed by atoms with Gasteiger partial charge >= 0.3 is 0 Å². The Kier molecular flexibility index (Phi) is 4.70. The van der Waals surface area contributed by atoms with Crippen molar-refractivity contribution in [3.63, 3.8) is 0 Å². The average Bonchev–Trinajstić information content (AvgIpc) is 2.48. The zero-order valence-electron chi connectivity index (χ0n) is 13.1. The van der Waals surface area contributed by atoms with Crippen LogP contribution in [0.1, 0.15) is 24.0 Å². The molecule has 2 aromatic rings. The summed E-state index contributed by atoms with van der Waals surface area (Å²) in [5, 5.41) is 12.1. The molecule has 0 fully saturated rings. The number of aliphatic hydroxyl groups is 1. The molecule has 0 bridgehead atoms. The van der Waals surface area contributed by atoms with Gasteiger partial charge in [-0.1, -0.05) is 29.4 Å². The number of hydrogen-bond donors (Lipinski definition) is 1. The molecule has 0 saturated heterocycles. The van der Waals surface area contributed by atoms with E-state index in [1.54, 1.807) is 12.1 Å². The number of rotatable bonds is 4. The molecule has 0 aliphatic carbocycles. The maximum Gasteiger partial charge on any atom is 0.124 e. The standard InChI is InChI=1S/C18H19ClFNOS/c1-21(2)9-3-8-18(22)14-6-5-13(20)11-17(14)23-16-7-4-12(19)10-15(16)18/h4-7,10-11,22H,3,8-9H2,1-2H3. The molecule has 0 aromatic heterocycles. The molecule has 1 heterocycles. The molecule has 2 aromatic carbocycles. The van der Waals surface area contributed by atoms with Gasteiger partial charge in [0.25, 0.3) is 0 Å². The molecule has 23 heavy (non-hydrogen) atoms. The highest BCUT2D eigenvalue weighted by Gasteiger charge is 2.39. The Bertz CT molecular complexity index is 737. The van der Waals surface area contributed by atoms with Crippen LogP contribution in [0, 0.1) is 5.82 Å². The Morgan fingerprint density at radius 2 is 1.91 bits per heavy atom. The summed E-state index contributed by atoms with van der Waals surface area (Å²) in [5.41, 5.74) is 0.440. The lowest BCUT2D eigenvalue weighted by Crippen LogP contribution is -2.32. The van der Waals surface area contributed by atoms with Gasteiger partial charge in [-0.25, -0.2) is 4.39 Å². The number of halogens is 2. The molecular weight excluding hydrogens is 333 g/mol. The van der Waals surface area contributed by atoms with Crippen molar-refractivity contribution >= 4 is 23.4 Å². The summed E-state index contributed by atoms with van der Waals surface area (Å²) in [6.45, 7) is 0.877. The molecule has 1 aliphatic rings. The minimum Gasteiger partial charge on any atom is -0.380 e. The Hall–Kier alpha value is -1.07. The van der Waals surface area contributed by atoms with E-state index in [2.05, 4.69) is 4.90 Å². The first-order valence-corrected chi connectivity index (χ1v) is 8.74. The van der Waals surface area contributed by atoms with Gasteiger partial charge in [-0.15, -0.1) is 0 Å². The molecule has 3 rings (SSSR count). The molecular formula is C18H19ClFNOS. The molecule has 1 N–H and O–H groups in total. The zero-order chi connectivity index (χ0) is 16.6. The minimum atomic E-state index is -1.13. The van der Waals surface area contributed by atoms with Crippen molar-refractivity contribution in [3.8, 4) is 0 Å². The van der Waals surface area contributed by atoms with Crippen LogP contribution in [0.4, 0.5) is 4.39 Å². The van der Waals surface area contributed by atoms with E-state index in [9.17, 15) is 9.50 Å². The summed E-state index contributed by atoms with van der Waals surface area (Å²) in [6.07, 6.45) is 1.40. The molecule has 0 saturated carbocycles. The van der Waals surface area contributed by atoms with Crippen molar-refractivity contribution in [1.82, 2.24) is 4.90 Å². The van der Waals surface area contributed by atoms with Crippen molar-refractivity contribution in [2.75, 3.05) is 20.6 Å². The number of fused-ring (bicyclic) bond motifs is 2. The van der Waals surface area contributed by atoms with Crippen molar-refractivity contribution < 1.29 is 9.50 Å². The summed E-state index contributed by atoms with van der Waals surface area (Å²) in [7, 11) is 4.02. The lowest BCUT2D eigenvalue weighted by atomic mass is 9.82. The van der Waals surface area contributed by atoms with Crippen molar-refractivity contribution in [1.29, 1.82) is 0 Å². The molecule has 1 unspecified atom stereocenters. The van der Waals surface area contributed by atoms with E-state index in [1.807, 2.05) is 26.2 Å². The van der Waals surface area contributed by atoms with Crippen molar-refractivity contribution in [3.05, 3.63) is 58.4 Å². The first-order chi connectivity index (χ1) is 10.9. The van der Waals surface area contributed by atoms with Crippen LogP contribution in [0.2, 0.25) is 5.02 Å². The first-order valence-electron chi connectivity index (χ1n) is 7.55. The van der Waals surface area contributed by atoms with Gasteiger partial charge in [0.15, 0.2) is 0 Å². The fourth-order valence-electron chi connectivity index (χ4n) is 3.02. The van der Waals surface area contributed by atoms with Gasteiger partial charge in [-0.2, -0.15) is 0 Å². The van der Waals surface area contributed by atoms with Crippen LogP contribution in [-0.2, 0) is 5.60 Å². The summed E-state index contributed by atoms with van der Waals surface area (Å²) < 4.78 is 13.6. The summed E-state index contributed by atoms with van der Waals surface area (Å²) >= 11 is 7.63. The Balaban J connectivity index is 2.07. The highest BCUT2D eigenvalue weighted by molar-refractivity contribution is 7.99. The van der Waals surface area contributed by atoms with E-state index in [-0.39, 0.29) is 5.82 Å². The van der Waals surface area contributed by atoms with Crippen molar-refractivity contribution in [2.45, 2.75) is 28.2 Å². The fraction of sp³-hybridized carbons (Fsp3) is 0.333. The van der Waals surface area contributed by atoms with E-state index >= 15 is 0 Å². The second-order valence-corrected chi connectivity index (χ2v) is 7.67. The Morgan fingerprint density at radius 3 is 2.65 bits per heavy atom. The molecule has 122 valence electrons. The second kappa shape index (κ2) is 6.44. The van der Waals surface area contributed by atoms with E-state index < -0.39 is 5.60 Å². The summed E-state index contributed by atoms with van der Waals surface area (Å²) in [4.78, 5) is 3.79. The average molecular weight is 352 g/mol. The van der Waals surface area contributed by atoms with Crippen LogP contribution >= 0.6 is 23.4 Å². The smallest absolute Gasteiger partial charge is 0.124 e. The van der Waals surface area contributed by atoms with Crippen molar-refractivity contribution in [2.24, 2.45) is 0 Å². The Morgan fingerprint density at radius 1 is 1.13 bits per heavy atom. The monoisotopic (exact) mass is 351 g/mol. The van der Waals surface area contributed by atoms with Gasteiger partial charge in [0, 0.05) is 25.9 Å². The highest BCUT2D eigenvalue weighted by atomic mass is 35.5.